The Morgan fingerprint density at radius 2 is 0.479 bits per heavy atom. The predicted octanol–water partition coefficient (Wildman–Crippen LogP) is -12.0. The van der Waals surface area contributed by atoms with Crippen molar-refractivity contribution in [3.05, 3.63) is 0 Å². The molecule has 48 heavy (non-hydrogen) atoms. The number of rotatable bonds is 20. The van der Waals surface area contributed by atoms with Gasteiger partial charge in [0.2, 0.25) is 0 Å². The van der Waals surface area contributed by atoms with Gasteiger partial charge in [-0.3, -0.25) is 36.4 Å². The third-order valence-electron chi connectivity index (χ3n) is 2.40. The summed E-state index contributed by atoms with van der Waals surface area (Å²) in [5, 5.41) is 30.9. The first-order valence-corrected chi connectivity index (χ1v) is 19.6. The van der Waals surface area contributed by atoms with Crippen LogP contribution in [0.2, 0.25) is 0 Å². The second-order valence-electron chi connectivity index (χ2n) is 5.58. The Kier molecular flexibility index (Phi) is 71.1. The van der Waals surface area contributed by atoms with Crippen molar-refractivity contribution >= 4 is 66.0 Å². The minimum Gasteiger partial charge on any atom is -0.781 e. The van der Waals surface area contributed by atoms with Gasteiger partial charge in [0.1, 0.15) is 33.0 Å². The number of hydrogen-bond acceptors (Lipinski definition) is 28. The molecule has 0 aliphatic heterocycles. The van der Waals surface area contributed by atoms with Crippen LogP contribution in [-0.4, -0.2) is 46.2 Å². The van der Waals surface area contributed by atoms with Crippen LogP contribution in [-0.2, 0) is 91.4 Å². The van der Waals surface area contributed by atoms with Crippen molar-refractivity contribution in [2.75, 3.05) is 0 Å². The Bertz CT molecular complexity index is 790. The predicted molar refractivity (Wildman–Crippen MR) is 133 cm³/mol. The Balaban J connectivity index is -0.0000000721. The smallest absolute Gasteiger partial charge is 0.781 e. The summed E-state index contributed by atoms with van der Waals surface area (Å²) in [6, 6.07) is 0. The largest absolute Gasteiger partial charge is 1.00 e. The molecule has 0 aliphatic rings. The maximum atomic E-state index is 10.2. The van der Waals surface area contributed by atoms with Crippen LogP contribution in [0.4, 0.5) is 0 Å². The molecule has 0 bridgehead atoms. The summed E-state index contributed by atoms with van der Waals surface area (Å²) in [5.41, 5.74) is 0. The van der Waals surface area contributed by atoms with Crippen LogP contribution in [0.25, 0.3) is 0 Å². The maximum absolute atomic E-state index is 10.2. The van der Waals surface area contributed by atoms with Gasteiger partial charge in [-0.15, -0.1) is 0 Å². The molecule has 0 aromatic rings. The first-order chi connectivity index (χ1) is 20.2. The van der Waals surface area contributed by atoms with Gasteiger partial charge in [-0.25, -0.2) is 21.0 Å². The average molecular weight is 912 g/mol. The van der Waals surface area contributed by atoms with E-state index in [9.17, 15) is 56.1 Å². The minimum atomic E-state index is -3.37. The van der Waals surface area contributed by atoms with Crippen LogP contribution in [0.15, 0.2) is 0 Å². The van der Waals surface area contributed by atoms with Crippen molar-refractivity contribution in [2.45, 2.75) is 52.9 Å². The third kappa shape index (κ3) is 63.0. The van der Waals surface area contributed by atoms with Gasteiger partial charge in [-0.2, -0.15) is 18.7 Å². The molecule has 12 unspecified atom stereocenters. The molecule has 0 radical (unpaired) electrons. The molecule has 40 heteroatoms. The van der Waals surface area contributed by atoms with Gasteiger partial charge >= 0.3 is 151 Å². The van der Waals surface area contributed by atoms with Crippen molar-refractivity contribution in [1.29, 1.82) is 0 Å². The fraction of sp³-hybridized carbons (Fsp3) is 1.00. The monoisotopic (exact) mass is 912 g/mol. The Morgan fingerprint density at radius 3 is 0.562 bits per heavy atom. The molecule has 0 aromatic carbocycles. The maximum Gasteiger partial charge on any atom is 1.00 e. The van der Waals surface area contributed by atoms with Crippen molar-refractivity contribution in [1.82, 2.24) is 0 Å². The van der Waals surface area contributed by atoms with Crippen molar-refractivity contribution < 1.29 is 250 Å². The fourth-order valence-electron chi connectivity index (χ4n) is 1.27. The summed E-state index contributed by atoms with van der Waals surface area (Å²) < 4.78 is 126. The van der Waals surface area contributed by atoms with E-state index >= 15 is 0 Å². The first-order valence-electron chi connectivity index (χ1n) is 9.82. The molecule has 12 atom stereocenters. The second-order valence-corrected chi connectivity index (χ2v) is 12.2. The Hall–Kier alpha value is 5.04. The molecule has 0 saturated carbocycles. The quantitative estimate of drug-likeness (QED) is 0.0290. The SMILES string of the molecule is CC(O[PH](=O)[O-])O[PH](=O)OO.CC(O[PH](=O)[O-])O[PH](=O)OO.CC(O[PH](=O)[O-])O[PH](=O)OO.CC(O[PH](=O)[O-])O[PH](=O)OO.[Na+].[Na+].[Na+].[Na+]. The summed E-state index contributed by atoms with van der Waals surface area (Å²) >= 11 is 0. The summed E-state index contributed by atoms with van der Waals surface area (Å²) in [4.78, 5) is 39.4. The van der Waals surface area contributed by atoms with Gasteiger partial charge < -0.3 is 55.9 Å². The molecule has 28 nitrogen and oxygen atoms in total. The van der Waals surface area contributed by atoms with E-state index in [2.05, 4.69) is 54.9 Å². The van der Waals surface area contributed by atoms with Crippen LogP contribution in [0.3, 0.4) is 0 Å². The van der Waals surface area contributed by atoms with E-state index in [0.717, 1.165) is 0 Å². The molecular formula is C8H28Na4O28P8. The molecule has 0 aliphatic carbocycles. The van der Waals surface area contributed by atoms with Crippen LogP contribution >= 0.6 is 66.0 Å². The van der Waals surface area contributed by atoms with E-state index in [0.29, 0.717) is 0 Å². The third-order valence-corrected chi connectivity index (χ3v) is 7.19. The van der Waals surface area contributed by atoms with Crippen LogP contribution < -0.4 is 138 Å². The van der Waals surface area contributed by atoms with E-state index in [-0.39, 0.29) is 118 Å². The van der Waals surface area contributed by atoms with Crippen molar-refractivity contribution in [3.8, 4) is 0 Å². The van der Waals surface area contributed by atoms with Gasteiger partial charge in [0.25, 0.3) is 0 Å². The molecule has 0 rings (SSSR count). The van der Waals surface area contributed by atoms with E-state index < -0.39 is 91.2 Å². The van der Waals surface area contributed by atoms with Gasteiger partial charge in [0.05, 0.1) is 0 Å². The topological polar surface area (TPSA) is 420 Å². The summed E-state index contributed by atoms with van der Waals surface area (Å²) in [6.07, 6.45) is -4.84. The van der Waals surface area contributed by atoms with Crippen LogP contribution in [0.5, 0.6) is 0 Å². The first kappa shape index (κ1) is 70.8. The van der Waals surface area contributed by atoms with Gasteiger partial charge in [0.15, 0.2) is 25.2 Å². The van der Waals surface area contributed by atoms with E-state index in [4.69, 9.17) is 21.0 Å². The zero-order chi connectivity index (χ0) is 35.4. The normalized spacial score (nSPS) is 17.6. The van der Waals surface area contributed by atoms with E-state index in [1.54, 1.807) is 0 Å². The summed E-state index contributed by atoms with van der Waals surface area (Å²) in [5.74, 6) is 0. The number of hydrogen-bond donors (Lipinski definition) is 4. The molecule has 0 aromatic heterocycles. The molecule has 0 heterocycles. The minimum absolute atomic E-state index is 0. The Labute approximate surface area is 364 Å². The molecule has 272 valence electrons. The van der Waals surface area contributed by atoms with Gasteiger partial charge in [0, 0.05) is 0 Å². The second kappa shape index (κ2) is 48.2. The van der Waals surface area contributed by atoms with Crippen molar-refractivity contribution in [2.24, 2.45) is 0 Å². The van der Waals surface area contributed by atoms with Gasteiger partial charge in [-0.1, -0.05) is 0 Å². The molecule has 0 spiro atoms. The van der Waals surface area contributed by atoms with Crippen LogP contribution in [0, 0.1) is 0 Å². The Morgan fingerprint density at radius 1 is 0.354 bits per heavy atom. The van der Waals surface area contributed by atoms with E-state index in [1.807, 2.05) is 0 Å². The van der Waals surface area contributed by atoms with E-state index in [1.165, 1.54) is 27.7 Å². The average Bonchev–Trinajstić information content (AvgIpc) is 2.87. The molecule has 0 fully saturated rings. The molecule has 4 N–H and O–H groups in total. The van der Waals surface area contributed by atoms with Crippen molar-refractivity contribution in [3.63, 3.8) is 0 Å². The van der Waals surface area contributed by atoms with Gasteiger partial charge in [-0.05, 0) is 27.7 Å². The molecular weight excluding hydrogens is 884 g/mol. The van der Waals surface area contributed by atoms with Crippen LogP contribution in [0.1, 0.15) is 27.7 Å². The molecule has 0 amide bonds. The fourth-order valence-corrected chi connectivity index (χ4v) is 4.38. The molecule has 0 saturated heterocycles. The standard InChI is InChI=1S/4C2H8O7P2.4Na/c4*1-2(7-10(4)5)8-11(6)9-3;;;;/h4*2-3,10-11H,1H3,(H,4,5);;;;/q;;;;4*+1/p-4. The summed E-state index contributed by atoms with van der Waals surface area (Å²) in [7, 11) is -25.7. The zero-order valence-corrected chi connectivity index (χ0v) is 41.9. The summed E-state index contributed by atoms with van der Waals surface area (Å²) in [6.45, 7) is 4.79. The zero-order valence-electron chi connectivity index (χ0n) is 25.9.